The highest BCUT2D eigenvalue weighted by atomic mass is 16.5. The summed E-state index contributed by atoms with van der Waals surface area (Å²) in [4.78, 5) is 2.05. The van der Waals surface area contributed by atoms with Gasteiger partial charge in [-0.05, 0) is 30.8 Å². The molecule has 1 aromatic carbocycles. The van der Waals surface area contributed by atoms with Gasteiger partial charge in [0, 0.05) is 19.3 Å². The van der Waals surface area contributed by atoms with Crippen molar-refractivity contribution in [1.29, 1.82) is 5.26 Å². The highest BCUT2D eigenvalue weighted by Gasteiger charge is 2.09. The van der Waals surface area contributed by atoms with Gasteiger partial charge >= 0.3 is 0 Å². The van der Waals surface area contributed by atoms with Crippen molar-refractivity contribution >= 4 is 5.69 Å². The van der Waals surface area contributed by atoms with E-state index in [0.29, 0.717) is 6.54 Å². The Hall–Kier alpha value is -1.73. The SMILES string of the molecule is CCNC(C#N)CN(C)c1ccc(OC)cc1. The van der Waals surface area contributed by atoms with Gasteiger partial charge in [-0.1, -0.05) is 6.92 Å². The summed E-state index contributed by atoms with van der Waals surface area (Å²) in [7, 11) is 3.62. The summed E-state index contributed by atoms with van der Waals surface area (Å²) in [5.41, 5.74) is 1.07. The molecule has 4 nitrogen and oxygen atoms in total. The molecule has 0 amide bonds. The Morgan fingerprint density at radius 3 is 2.53 bits per heavy atom. The number of anilines is 1. The number of likely N-dealkylation sites (N-methyl/N-ethyl adjacent to an activating group) is 2. The largest absolute Gasteiger partial charge is 0.497 e. The molecule has 4 heteroatoms. The van der Waals surface area contributed by atoms with Crippen molar-refractivity contribution in [2.45, 2.75) is 13.0 Å². The molecule has 0 heterocycles. The van der Waals surface area contributed by atoms with E-state index in [1.165, 1.54) is 0 Å². The van der Waals surface area contributed by atoms with Gasteiger partial charge in [0.05, 0.1) is 13.2 Å². The Bertz CT molecular complexity index is 369. The van der Waals surface area contributed by atoms with Gasteiger partial charge in [0.2, 0.25) is 0 Å². The molecule has 1 aromatic rings. The lowest BCUT2D eigenvalue weighted by molar-refractivity contribution is 0.415. The van der Waals surface area contributed by atoms with Crippen LogP contribution in [0.25, 0.3) is 0 Å². The van der Waals surface area contributed by atoms with Crippen LogP contribution in [0.2, 0.25) is 0 Å². The molecule has 17 heavy (non-hydrogen) atoms. The third-order valence-electron chi connectivity index (χ3n) is 2.58. The monoisotopic (exact) mass is 233 g/mol. The van der Waals surface area contributed by atoms with Gasteiger partial charge in [-0.15, -0.1) is 0 Å². The standard InChI is InChI=1S/C13H19N3O/c1-4-15-11(9-14)10-16(2)12-5-7-13(17-3)8-6-12/h5-8,11,15H,4,10H2,1-3H3. The van der Waals surface area contributed by atoms with Crippen LogP contribution in [-0.4, -0.2) is 33.3 Å². The van der Waals surface area contributed by atoms with Crippen LogP contribution in [0.15, 0.2) is 24.3 Å². The summed E-state index contributed by atoms with van der Waals surface area (Å²) in [5.74, 6) is 0.839. The van der Waals surface area contributed by atoms with Crippen molar-refractivity contribution in [3.63, 3.8) is 0 Å². The Morgan fingerprint density at radius 2 is 2.06 bits per heavy atom. The van der Waals surface area contributed by atoms with Crippen molar-refractivity contribution in [1.82, 2.24) is 5.32 Å². The average molecular weight is 233 g/mol. The van der Waals surface area contributed by atoms with E-state index in [2.05, 4.69) is 16.3 Å². The first-order valence-electron chi connectivity index (χ1n) is 5.69. The molecule has 0 aliphatic heterocycles. The van der Waals surface area contributed by atoms with Crippen LogP contribution in [0.1, 0.15) is 6.92 Å². The van der Waals surface area contributed by atoms with E-state index in [1.54, 1.807) is 7.11 Å². The zero-order valence-electron chi connectivity index (χ0n) is 10.6. The molecular weight excluding hydrogens is 214 g/mol. The van der Waals surface area contributed by atoms with Crippen molar-refractivity contribution in [3.05, 3.63) is 24.3 Å². The fourth-order valence-corrected chi connectivity index (χ4v) is 1.61. The molecule has 1 N–H and O–H groups in total. The number of hydrogen-bond donors (Lipinski definition) is 1. The van der Waals surface area contributed by atoms with Crippen LogP contribution < -0.4 is 15.0 Å². The molecule has 0 saturated carbocycles. The molecule has 0 aliphatic rings. The fourth-order valence-electron chi connectivity index (χ4n) is 1.61. The Kier molecular flexibility index (Phi) is 5.31. The maximum absolute atomic E-state index is 8.98. The summed E-state index contributed by atoms with van der Waals surface area (Å²) >= 11 is 0. The van der Waals surface area contributed by atoms with Crippen molar-refractivity contribution in [3.8, 4) is 11.8 Å². The highest BCUT2D eigenvalue weighted by molar-refractivity contribution is 5.48. The molecule has 0 spiro atoms. The summed E-state index contributed by atoms with van der Waals surface area (Å²) in [6, 6.07) is 9.91. The van der Waals surface area contributed by atoms with Gasteiger partial charge in [0.25, 0.3) is 0 Å². The smallest absolute Gasteiger partial charge is 0.119 e. The van der Waals surface area contributed by atoms with Crippen molar-refractivity contribution < 1.29 is 4.74 Å². The summed E-state index contributed by atoms with van der Waals surface area (Å²) in [5, 5.41) is 12.1. The summed E-state index contributed by atoms with van der Waals surface area (Å²) in [6.07, 6.45) is 0. The van der Waals surface area contributed by atoms with E-state index in [-0.39, 0.29) is 6.04 Å². The predicted molar refractivity (Wildman–Crippen MR) is 69.3 cm³/mol. The molecule has 0 aromatic heterocycles. The Morgan fingerprint density at radius 1 is 1.41 bits per heavy atom. The minimum absolute atomic E-state index is 0.146. The van der Waals surface area contributed by atoms with Crippen LogP contribution in [-0.2, 0) is 0 Å². The van der Waals surface area contributed by atoms with Crippen LogP contribution in [0.5, 0.6) is 5.75 Å². The van der Waals surface area contributed by atoms with Crippen molar-refractivity contribution in [2.24, 2.45) is 0 Å². The number of nitrogens with one attached hydrogen (secondary N) is 1. The average Bonchev–Trinajstić information content (AvgIpc) is 2.38. The number of nitrogens with zero attached hydrogens (tertiary/aromatic N) is 2. The first-order chi connectivity index (χ1) is 8.21. The topological polar surface area (TPSA) is 48.3 Å². The molecule has 0 radical (unpaired) electrons. The lowest BCUT2D eigenvalue weighted by Crippen LogP contribution is -2.38. The second kappa shape index (κ2) is 6.77. The lowest BCUT2D eigenvalue weighted by Gasteiger charge is -2.22. The highest BCUT2D eigenvalue weighted by Crippen LogP contribution is 2.18. The maximum Gasteiger partial charge on any atom is 0.119 e. The number of methoxy groups -OCH3 is 1. The van der Waals surface area contributed by atoms with E-state index in [1.807, 2.05) is 38.2 Å². The number of rotatable bonds is 6. The number of ether oxygens (including phenoxy) is 1. The lowest BCUT2D eigenvalue weighted by atomic mass is 10.2. The van der Waals surface area contributed by atoms with E-state index < -0.39 is 0 Å². The second-order valence-corrected chi connectivity index (χ2v) is 3.82. The third kappa shape index (κ3) is 3.97. The summed E-state index contributed by atoms with van der Waals surface area (Å²) in [6.45, 7) is 3.46. The van der Waals surface area contributed by atoms with Gasteiger partial charge < -0.3 is 15.0 Å². The zero-order chi connectivity index (χ0) is 12.7. The number of benzene rings is 1. The first kappa shape index (κ1) is 13.3. The van der Waals surface area contributed by atoms with Gasteiger partial charge in [0.15, 0.2) is 0 Å². The van der Waals surface area contributed by atoms with Crippen LogP contribution in [0.3, 0.4) is 0 Å². The second-order valence-electron chi connectivity index (χ2n) is 3.82. The number of nitriles is 1. The molecule has 0 fully saturated rings. The van der Waals surface area contributed by atoms with Gasteiger partial charge in [-0.2, -0.15) is 5.26 Å². The predicted octanol–water partition coefficient (Wildman–Crippen LogP) is 1.63. The summed E-state index contributed by atoms with van der Waals surface area (Å²) < 4.78 is 5.11. The minimum atomic E-state index is -0.146. The Labute approximate surface area is 103 Å². The van der Waals surface area contributed by atoms with E-state index in [0.717, 1.165) is 18.0 Å². The van der Waals surface area contributed by atoms with E-state index in [9.17, 15) is 0 Å². The molecule has 1 rings (SSSR count). The normalized spacial score (nSPS) is 11.6. The van der Waals surface area contributed by atoms with Crippen LogP contribution in [0, 0.1) is 11.3 Å². The first-order valence-corrected chi connectivity index (χ1v) is 5.69. The molecule has 92 valence electrons. The third-order valence-corrected chi connectivity index (χ3v) is 2.58. The minimum Gasteiger partial charge on any atom is -0.497 e. The van der Waals surface area contributed by atoms with Crippen molar-refractivity contribution in [2.75, 3.05) is 32.1 Å². The Balaban J connectivity index is 2.62. The molecule has 0 aliphatic carbocycles. The maximum atomic E-state index is 8.98. The van der Waals surface area contributed by atoms with E-state index in [4.69, 9.17) is 10.00 Å². The molecule has 1 atom stereocenters. The number of hydrogen-bond acceptors (Lipinski definition) is 4. The van der Waals surface area contributed by atoms with Gasteiger partial charge in [0.1, 0.15) is 11.8 Å². The molecule has 1 unspecified atom stereocenters. The molecule has 0 saturated heterocycles. The zero-order valence-corrected chi connectivity index (χ0v) is 10.6. The van der Waals surface area contributed by atoms with Gasteiger partial charge in [-0.3, -0.25) is 0 Å². The quantitative estimate of drug-likeness (QED) is 0.811. The fraction of sp³-hybridized carbons (Fsp3) is 0.462. The van der Waals surface area contributed by atoms with Crippen LogP contribution in [0.4, 0.5) is 5.69 Å². The molecular formula is C13H19N3O. The molecule has 0 bridgehead atoms. The van der Waals surface area contributed by atoms with E-state index >= 15 is 0 Å². The van der Waals surface area contributed by atoms with Gasteiger partial charge in [-0.25, -0.2) is 0 Å². The van der Waals surface area contributed by atoms with Crippen LogP contribution >= 0.6 is 0 Å².